The molecule has 0 amide bonds. The maximum atomic E-state index is 11.1. The van der Waals surface area contributed by atoms with Crippen LogP contribution in [0.3, 0.4) is 0 Å². The first-order chi connectivity index (χ1) is 6.63. The van der Waals surface area contributed by atoms with Crippen molar-refractivity contribution in [3.05, 3.63) is 33.3 Å². The molecule has 0 aliphatic rings. The molecule has 2 nitrogen and oxygen atoms in total. The van der Waals surface area contributed by atoms with Crippen LogP contribution in [0, 0.1) is 0 Å². The molecule has 0 bridgehead atoms. The minimum Gasteiger partial charge on any atom is -0.466 e. The number of rotatable bonds is 3. The Balaban J connectivity index is 2.68. The topological polar surface area (TPSA) is 26.3 Å². The summed E-state index contributed by atoms with van der Waals surface area (Å²) in [4.78, 5) is 11.1. The lowest BCUT2D eigenvalue weighted by atomic mass is 10.1. The Morgan fingerprint density at radius 3 is 2.86 bits per heavy atom. The van der Waals surface area contributed by atoms with Crippen molar-refractivity contribution < 1.29 is 9.53 Å². The summed E-state index contributed by atoms with van der Waals surface area (Å²) in [6, 6.07) is 5.41. The Kier molecular flexibility index (Phi) is 4.42. The minimum atomic E-state index is -0.231. The molecule has 0 unspecified atom stereocenters. The third-order valence-corrected chi connectivity index (χ3v) is 2.87. The van der Waals surface area contributed by atoms with Gasteiger partial charge in [-0.2, -0.15) is 0 Å². The van der Waals surface area contributed by atoms with Gasteiger partial charge in [-0.3, -0.25) is 4.79 Å². The van der Waals surface area contributed by atoms with E-state index in [0.29, 0.717) is 11.6 Å². The van der Waals surface area contributed by atoms with Crippen molar-refractivity contribution in [2.45, 2.75) is 13.3 Å². The molecule has 0 aliphatic heterocycles. The fourth-order valence-electron chi connectivity index (χ4n) is 1.03. The van der Waals surface area contributed by atoms with Gasteiger partial charge in [0, 0.05) is 4.47 Å². The van der Waals surface area contributed by atoms with E-state index in [4.69, 9.17) is 16.3 Å². The summed E-state index contributed by atoms with van der Waals surface area (Å²) >= 11 is 9.15. The van der Waals surface area contributed by atoms with Crippen molar-refractivity contribution in [3.8, 4) is 0 Å². The molecule has 0 aliphatic carbocycles. The Labute approximate surface area is 96.3 Å². The molecular formula is C10H10BrClO2. The summed E-state index contributed by atoms with van der Waals surface area (Å²) in [7, 11) is 0. The first kappa shape index (κ1) is 11.5. The third-order valence-electron chi connectivity index (χ3n) is 1.64. The second kappa shape index (κ2) is 5.37. The maximum absolute atomic E-state index is 11.1. The summed E-state index contributed by atoms with van der Waals surface area (Å²) in [5, 5.41) is 0.604. The molecule has 1 aromatic carbocycles. The van der Waals surface area contributed by atoms with Crippen molar-refractivity contribution in [1.82, 2.24) is 0 Å². The molecular weight excluding hydrogens is 267 g/mol. The van der Waals surface area contributed by atoms with Crippen LogP contribution in [0.1, 0.15) is 12.5 Å². The van der Waals surface area contributed by atoms with Crippen LogP contribution in [0.25, 0.3) is 0 Å². The summed E-state index contributed by atoms with van der Waals surface area (Å²) in [6.45, 7) is 2.19. The number of ether oxygens (including phenoxy) is 1. The number of carbonyl (C=O) groups is 1. The highest BCUT2D eigenvalue weighted by molar-refractivity contribution is 9.10. The van der Waals surface area contributed by atoms with Crippen LogP contribution in [-0.2, 0) is 16.0 Å². The van der Waals surface area contributed by atoms with Gasteiger partial charge in [0.25, 0.3) is 0 Å². The second-order valence-electron chi connectivity index (χ2n) is 2.73. The molecule has 14 heavy (non-hydrogen) atoms. The van der Waals surface area contributed by atoms with Gasteiger partial charge in [0.1, 0.15) is 0 Å². The van der Waals surface area contributed by atoms with E-state index < -0.39 is 0 Å². The molecule has 1 aromatic rings. The molecule has 0 spiro atoms. The van der Waals surface area contributed by atoms with E-state index in [1.54, 1.807) is 13.0 Å². The summed E-state index contributed by atoms with van der Waals surface area (Å²) in [6.07, 6.45) is 0.265. The minimum absolute atomic E-state index is 0.231. The first-order valence-electron chi connectivity index (χ1n) is 4.23. The molecule has 0 heterocycles. The van der Waals surface area contributed by atoms with Gasteiger partial charge < -0.3 is 4.74 Å². The Bertz CT molecular complexity index is 339. The van der Waals surface area contributed by atoms with Crippen LogP contribution in [0.5, 0.6) is 0 Å². The Morgan fingerprint density at radius 1 is 1.57 bits per heavy atom. The van der Waals surface area contributed by atoms with Gasteiger partial charge in [0.15, 0.2) is 0 Å². The molecule has 1 rings (SSSR count). The second-order valence-corrected chi connectivity index (χ2v) is 3.99. The van der Waals surface area contributed by atoms with Crippen LogP contribution in [0.15, 0.2) is 22.7 Å². The monoisotopic (exact) mass is 276 g/mol. The largest absolute Gasteiger partial charge is 0.466 e. The number of carbonyl (C=O) groups excluding carboxylic acids is 1. The molecule has 0 aromatic heterocycles. The van der Waals surface area contributed by atoms with Gasteiger partial charge in [-0.25, -0.2) is 0 Å². The van der Waals surface area contributed by atoms with Crippen molar-refractivity contribution in [2.24, 2.45) is 0 Å². The lowest BCUT2D eigenvalue weighted by Gasteiger charge is -2.03. The predicted octanol–water partition coefficient (Wildman–Crippen LogP) is 3.21. The maximum Gasteiger partial charge on any atom is 0.310 e. The molecule has 4 heteroatoms. The van der Waals surface area contributed by atoms with E-state index >= 15 is 0 Å². The highest BCUT2D eigenvalue weighted by atomic mass is 79.9. The lowest BCUT2D eigenvalue weighted by molar-refractivity contribution is -0.142. The van der Waals surface area contributed by atoms with Crippen molar-refractivity contribution >= 4 is 33.5 Å². The molecule has 76 valence electrons. The van der Waals surface area contributed by atoms with Gasteiger partial charge in [-0.15, -0.1) is 0 Å². The Hall–Kier alpha value is -0.540. The highest BCUT2D eigenvalue weighted by Gasteiger charge is 2.05. The van der Waals surface area contributed by atoms with Gasteiger partial charge in [-0.05, 0) is 40.5 Å². The lowest BCUT2D eigenvalue weighted by Crippen LogP contribution is -2.07. The van der Waals surface area contributed by atoms with Gasteiger partial charge >= 0.3 is 5.97 Å². The molecule has 0 N–H and O–H groups in total. The summed E-state index contributed by atoms with van der Waals surface area (Å²) in [5.41, 5.74) is 0.858. The smallest absolute Gasteiger partial charge is 0.310 e. The number of benzene rings is 1. The van der Waals surface area contributed by atoms with E-state index in [0.717, 1.165) is 10.0 Å². The standard InChI is InChI=1S/C10H10BrClO2/c1-2-14-10(13)6-7-3-4-8(11)9(12)5-7/h3-5H,2,6H2,1H3. The number of hydrogen-bond acceptors (Lipinski definition) is 2. The molecule has 0 atom stereocenters. The van der Waals surface area contributed by atoms with E-state index in [-0.39, 0.29) is 12.4 Å². The van der Waals surface area contributed by atoms with Crippen molar-refractivity contribution in [2.75, 3.05) is 6.61 Å². The number of halogens is 2. The molecule has 0 saturated carbocycles. The molecule has 0 fully saturated rings. The Morgan fingerprint density at radius 2 is 2.29 bits per heavy atom. The number of hydrogen-bond donors (Lipinski definition) is 0. The average molecular weight is 278 g/mol. The zero-order valence-corrected chi connectivity index (χ0v) is 10.1. The normalized spacial score (nSPS) is 9.93. The van der Waals surface area contributed by atoms with Crippen LogP contribution in [0.4, 0.5) is 0 Å². The quantitative estimate of drug-likeness (QED) is 0.793. The van der Waals surface area contributed by atoms with Crippen LogP contribution in [-0.4, -0.2) is 12.6 Å². The van der Waals surface area contributed by atoms with Crippen LogP contribution in [0.2, 0.25) is 5.02 Å². The van der Waals surface area contributed by atoms with E-state index in [9.17, 15) is 4.79 Å². The van der Waals surface area contributed by atoms with Crippen molar-refractivity contribution in [1.29, 1.82) is 0 Å². The SMILES string of the molecule is CCOC(=O)Cc1ccc(Br)c(Cl)c1. The van der Waals surface area contributed by atoms with Crippen LogP contribution >= 0.6 is 27.5 Å². The zero-order chi connectivity index (χ0) is 10.6. The summed E-state index contributed by atoms with van der Waals surface area (Å²) in [5.74, 6) is -0.231. The van der Waals surface area contributed by atoms with E-state index in [1.165, 1.54) is 0 Å². The zero-order valence-electron chi connectivity index (χ0n) is 7.72. The van der Waals surface area contributed by atoms with E-state index in [2.05, 4.69) is 15.9 Å². The van der Waals surface area contributed by atoms with E-state index in [1.807, 2.05) is 12.1 Å². The molecule has 0 saturated heterocycles. The van der Waals surface area contributed by atoms with Crippen molar-refractivity contribution in [3.63, 3.8) is 0 Å². The summed E-state index contributed by atoms with van der Waals surface area (Å²) < 4.78 is 5.65. The van der Waals surface area contributed by atoms with Gasteiger partial charge in [0.2, 0.25) is 0 Å². The van der Waals surface area contributed by atoms with Gasteiger partial charge in [0.05, 0.1) is 18.1 Å². The first-order valence-corrected chi connectivity index (χ1v) is 5.40. The fourth-order valence-corrected chi connectivity index (χ4v) is 1.48. The van der Waals surface area contributed by atoms with Crippen LogP contribution < -0.4 is 0 Å². The number of esters is 1. The third kappa shape index (κ3) is 3.31. The molecule has 0 radical (unpaired) electrons. The van der Waals surface area contributed by atoms with Gasteiger partial charge in [-0.1, -0.05) is 17.7 Å². The predicted molar refractivity (Wildman–Crippen MR) is 59.5 cm³/mol. The highest BCUT2D eigenvalue weighted by Crippen LogP contribution is 2.23. The fraction of sp³-hybridized carbons (Fsp3) is 0.300. The average Bonchev–Trinajstić information content (AvgIpc) is 2.12.